The Morgan fingerprint density at radius 2 is 1.61 bits per heavy atom. The van der Waals surface area contributed by atoms with E-state index < -0.39 is 40.2 Å². The Kier molecular flexibility index (Phi) is 5.43. The summed E-state index contributed by atoms with van der Waals surface area (Å²) in [6.07, 6.45) is 6.82. The number of alkyl halides is 2. The van der Waals surface area contributed by atoms with Gasteiger partial charge in [-0.15, -0.1) is 0 Å². The van der Waals surface area contributed by atoms with E-state index >= 15 is 0 Å². The lowest BCUT2D eigenvalue weighted by Gasteiger charge is -2.61. The molecule has 0 atom stereocenters. The molecule has 6 nitrogen and oxygen atoms in total. The molecule has 4 saturated carbocycles. The van der Waals surface area contributed by atoms with Crippen LogP contribution in [-0.2, 0) is 24.4 Å². The van der Waals surface area contributed by atoms with Crippen LogP contribution in [0.4, 0.5) is 8.78 Å². The lowest BCUT2D eigenvalue weighted by atomic mass is 9.46. The summed E-state index contributed by atoms with van der Waals surface area (Å²) < 4.78 is 67.9. The molecule has 0 unspecified atom stereocenters. The van der Waals surface area contributed by atoms with Gasteiger partial charge in [0.15, 0.2) is 10.1 Å². The fraction of sp³-hybridized carbons (Fsp3) is 0.842. The molecule has 0 aromatic carbocycles. The van der Waals surface area contributed by atoms with Gasteiger partial charge in [0.25, 0.3) is 0 Å². The van der Waals surface area contributed by atoms with E-state index in [0.717, 1.165) is 19.3 Å². The van der Waals surface area contributed by atoms with Gasteiger partial charge in [-0.25, -0.2) is 13.2 Å². The standard InChI is InChI=1S/C19H28F2O6S/c1-12(10-26-11-19(20,21)28(23,24)25)16(22)27-17(2,3)18-7-13-4-14(8-18)6-15(5-13)9-18/h13-15H,1,4-11H2,2-3H3,(H,23,24,25)/p-1. The second kappa shape index (κ2) is 7.02. The molecule has 0 radical (unpaired) electrons. The molecule has 0 aromatic rings. The Morgan fingerprint density at radius 3 is 2.04 bits per heavy atom. The molecule has 0 amide bonds. The molecule has 0 heterocycles. The van der Waals surface area contributed by atoms with Crippen molar-refractivity contribution in [1.82, 2.24) is 0 Å². The molecule has 0 spiro atoms. The number of carbonyl (C=O) groups excluding carboxylic acids is 1. The molecular formula is C19H27F2O6S-. The summed E-state index contributed by atoms with van der Waals surface area (Å²) in [4.78, 5) is 12.4. The number of hydrogen-bond acceptors (Lipinski definition) is 6. The Labute approximate surface area is 164 Å². The van der Waals surface area contributed by atoms with Crippen molar-refractivity contribution >= 4 is 16.1 Å². The summed E-state index contributed by atoms with van der Waals surface area (Å²) in [6.45, 7) is 5.01. The molecule has 0 aromatic heterocycles. The van der Waals surface area contributed by atoms with Gasteiger partial charge in [0.1, 0.15) is 12.2 Å². The van der Waals surface area contributed by atoms with Crippen molar-refractivity contribution in [3.05, 3.63) is 12.2 Å². The van der Waals surface area contributed by atoms with Crippen LogP contribution in [0, 0.1) is 23.2 Å². The third-order valence-corrected chi connectivity index (χ3v) is 7.71. The van der Waals surface area contributed by atoms with E-state index in [9.17, 15) is 26.5 Å². The normalized spacial score (nSPS) is 32.4. The maximum atomic E-state index is 13.1. The smallest absolute Gasteiger partial charge is 0.357 e. The second-order valence-corrected chi connectivity index (χ2v) is 10.8. The first kappa shape index (κ1) is 21.6. The van der Waals surface area contributed by atoms with Crippen LogP contribution in [0.25, 0.3) is 0 Å². The van der Waals surface area contributed by atoms with E-state index in [0.29, 0.717) is 17.8 Å². The molecule has 4 aliphatic carbocycles. The third kappa shape index (κ3) is 3.98. The van der Waals surface area contributed by atoms with Gasteiger partial charge in [-0.1, -0.05) is 6.58 Å². The average molecular weight is 421 g/mol. The molecule has 28 heavy (non-hydrogen) atoms. The lowest BCUT2D eigenvalue weighted by molar-refractivity contribution is -0.195. The zero-order valence-electron chi connectivity index (χ0n) is 16.2. The van der Waals surface area contributed by atoms with Crippen LogP contribution in [0.15, 0.2) is 12.2 Å². The van der Waals surface area contributed by atoms with Crippen LogP contribution in [0.1, 0.15) is 52.4 Å². The minimum absolute atomic E-state index is 0.0811. The highest BCUT2D eigenvalue weighted by Gasteiger charge is 2.58. The first-order valence-electron chi connectivity index (χ1n) is 9.57. The van der Waals surface area contributed by atoms with Crippen LogP contribution in [0.2, 0.25) is 0 Å². The van der Waals surface area contributed by atoms with Crippen LogP contribution in [0.5, 0.6) is 0 Å². The Hall–Kier alpha value is -1.06. The molecule has 4 rings (SSSR count). The van der Waals surface area contributed by atoms with E-state index in [1.165, 1.54) is 19.3 Å². The van der Waals surface area contributed by atoms with Crippen molar-refractivity contribution in [1.29, 1.82) is 0 Å². The van der Waals surface area contributed by atoms with Crippen molar-refractivity contribution in [2.75, 3.05) is 13.2 Å². The van der Waals surface area contributed by atoms with E-state index in [-0.39, 0.29) is 11.0 Å². The van der Waals surface area contributed by atoms with Crippen molar-refractivity contribution in [2.24, 2.45) is 23.2 Å². The maximum Gasteiger partial charge on any atom is 0.357 e. The number of halogens is 2. The molecule has 4 aliphatic rings. The zero-order chi connectivity index (χ0) is 21.0. The summed E-state index contributed by atoms with van der Waals surface area (Å²) in [5.74, 6) is 1.26. The number of carbonyl (C=O) groups is 1. The Balaban J connectivity index is 1.57. The highest BCUT2D eigenvalue weighted by molar-refractivity contribution is 7.86. The van der Waals surface area contributed by atoms with Crippen LogP contribution >= 0.6 is 0 Å². The predicted molar refractivity (Wildman–Crippen MR) is 95.4 cm³/mol. The number of esters is 1. The minimum Gasteiger partial charge on any atom is -0.743 e. The van der Waals surface area contributed by atoms with E-state index in [1.54, 1.807) is 0 Å². The lowest BCUT2D eigenvalue weighted by Crippen LogP contribution is -2.57. The maximum absolute atomic E-state index is 13.1. The SMILES string of the molecule is C=C(COCC(F)(F)S(=O)(=O)[O-])C(=O)OC(C)(C)C12CC3CC(CC(C3)C1)C2. The summed E-state index contributed by atoms with van der Waals surface area (Å²) in [6, 6.07) is 0. The number of hydrogen-bond donors (Lipinski definition) is 0. The molecular weight excluding hydrogens is 394 g/mol. The van der Waals surface area contributed by atoms with Crippen LogP contribution in [-0.4, -0.2) is 43.0 Å². The van der Waals surface area contributed by atoms with Gasteiger partial charge in [-0.05, 0) is 70.1 Å². The highest BCUT2D eigenvalue weighted by Crippen LogP contribution is 2.64. The van der Waals surface area contributed by atoms with E-state index in [4.69, 9.17) is 4.74 Å². The molecule has 4 bridgehead atoms. The monoisotopic (exact) mass is 421 g/mol. The fourth-order valence-corrected chi connectivity index (χ4v) is 5.91. The van der Waals surface area contributed by atoms with Gasteiger partial charge in [0.05, 0.1) is 12.2 Å². The fourth-order valence-electron chi connectivity index (χ4n) is 5.68. The zero-order valence-corrected chi connectivity index (χ0v) is 17.0. The van der Waals surface area contributed by atoms with Gasteiger partial charge < -0.3 is 14.0 Å². The molecule has 0 saturated heterocycles. The summed E-state index contributed by atoms with van der Waals surface area (Å²) in [7, 11) is -5.83. The quantitative estimate of drug-likeness (QED) is 0.339. The number of ether oxygens (including phenoxy) is 2. The highest BCUT2D eigenvalue weighted by atomic mass is 32.2. The van der Waals surface area contributed by atoms with Gasteiger partial charge in [-0.2, -0.15) is 8.78 Å². The first-order valence-corrected chi connectivity index (χ1v) is 11.0. The summed E-state index contributed by atoms with van der Waals surface area (Å²) in [5.41, 5.74) is -1.01. The Bertz CT molecular complexity index is 723. The molecule has 9 heteroatoms. The average Bonchev–Trinajstić information content (AvgIpc) is 2.51. The molecule has 160 valence electrons. The summed E-state index contributed by atoms with van der Waals surface area (Å²) in [5, 5.41) is -4.56. The van der Waals surface area contributed by atoms with Crippen LogP contribution < -0.4 is 0 Å². The second-order valence-electron chi connectivity index (χ2n) is 9.29. The van der Waals surface area contributed by atoms with Crippen LogP contribution in [0.3, 0.4) is 0 Å². The van der Waals surface area contributed by atoms with E-state index in [1.807, 2.05) is 13.8 Å². The van der Waals surface area contributed by atoms with Gasteiger partial charge in [0.2, 0.25) is 0 Å². The van der Waals surface area contributed by atoms with Gasteiger partial charge in [-0.3, -0.25) is 0 Å². The topological polar surface area (TPSA) is 92.7 Å². The first-order chi connectivity index (χ1) is 12.7. The van der Waals surface area contributed by atoms with Crippen molar-refractivity contribution in [2.45, 2.75) is 63.2 Å². The van der Waals surface area contributed by atoms with Crippen molar-refractivity contribution < 1.29 is 36.0 Å². The third-order valence-electron chi connectivity index (χ3n) is 6.86. The number of rotatable bonds is 8. The van der Waals surface area contributed by atoms with Crippen molar-refractivity contribution in [3.8, 4) is 0 Å². The molecule has 4 fully saturated rings. The van der Waals surface area contributed by atoms with Crippen molar-refractivity contribution in [3.63, 3.8) is 0 Å². The Morgan fingerprint density at radius 1 is 1.14 bits per heavy atom. The molecule has 0 N–H and O–H groups in total. The summed E-state index contributed by atoms with van der Waals surface area (Å²) >= 11 is 0. The minimum atomic E-state index is -5.83. The molecule has 0 aliphatic heterocycles. The largest absolute Gasteiger partial charge is 0.743 e. The van der Waals surface area contributed by atoms with E-state index in [2.05, 4.69) is 11.3 Å². The van der Waals surface area contributed by atoms with Gasteiger partial charge in [0, 0.05) is 5.41 Å². The van der Waals surface area contributed by atoms with Gasteiger partial charge >= 0.3 is 11.2 Å². The predicted octanol–water partition coefficient (Wildman–Crippen LogP) is 3.24.